The molecule has 88 valence electrons. The number of nitrogens with two attached hydrogens (primary N) is 1. The lowest BCUT2D eigenvalue weighted by molar-refractivity contribution is 0.169. The Morgan fingerprint density at radius 3 is 2.33 bits per heavy atom. The van der Waals surface area contributed by atoms with Crippen molar-refractivity contribution in [3.63, 3.8) is 0 Å². The molecule has 1 spiro atoms. The molecule has 0 heterocycles. The number of rotatable bonds is 4. The quantitative estimate of drug-likeness (QED) is 0.699. The lowest BCUT2D eigenvalue weighted by atomic mass is 9.71. The average molecular weight is 210 g/mol. The molecule has 0 bridgehead atoms. The fourth-order valence-corrected chi connectivity index (χ4v) is 3.47. The maximum absolute atomic E-state index is 5.50. The third-order valence-corrected chi connectivity index (χ3v) is 4.52. The van der Waals surface area contributed by atoms with Gasteiger partial charge in [-0.2, -0.15) is 0 Å². The standard InChI is InChI=1S/C13H26N2/c14-10-3-11-15-12-4-8-13(9-5-12)6-1-2-7-13/h12,15H,1-11,14H2. The molecule has 0 atom stereocenters. The van der Waals surface area contributed by atoms with E-state index in [0.717, 1.165) is 31.0 Å². The van der Waals surface area contributed by atoms with Crippen LogP contribution in [0.1, 0.15) is 57.8 Å². The van der Waals surface area contributed by atoms with Gasteiger partial charge in [0.2, 0.25) is 0 Å². The van der Waals surface area contributed by atoms with Crippen molar-refractivity contribution < 1.29 is 0 Å². The van der Waals surface area contributed by atoms with Gasteiger partial charge in [0, 0.05) is 6.04 Å². The second-order valence-corrected chi connectivity index (χ2v) is 5.58. The minimum Gasteiger partial charge on any atom is -0.330 e. The van der Waals surface area contributed by atoms with Crippen LogP contribution in [0.15, 0.2) is 0 Å². The first-order chi connectivity index (χ1) is 7.35. The Kier molecular flexibility index (Phi) is 4.04. The summed E-state index contributed by atoms with van der Waals surface area (Å²) in [5, 5.41) is 3.65. The predicted octanol–water partition coefficient (Wildman–Crippen LogP) is 2.43. The van der Waals surface area contributed by atoms with E-state index in [9.17, 15) is 0 Å². The minimum atomic E-state index is 0.784. The van der Waals surface area contributed by atoms with E-state index in [0.29, 0.717) is 0 Å². The smallest absolute Gasteiger partial charge is 0.00674 e. The summed E-state index contributed by atoms with van der Waals surface area (Å²) in [6.45, 7) is 1.94. The van der Waals surface area contributed by atoms with Crippen LogP contribution in [0.25, 0.3) is 0 Å². The van der Waals surface area contributed by atoms with Gasteiger partial charge >= 0.3 is 0 Å². The van der Waals surface area contributed by atoms with Gasteiger partial charge < -0.3 is 11.1 Å². The van der Waals surface area contributed by atoms with E-state index in [4.69, 9.17) is 5.73 Å². The van der Waals surface area contributed by atoms with Gasteiger partial charge in [-0.3, -0.25) is 0 Å². The molecule has 2 saturated carbocycles. The van der Waals surface area contributed by atoms with Crippen LogP contribution in [-0.4, -0.2) is 19.1 Å². The maximum Gasteiger partial charge on any atom is 0.00674 e. The van der Waals surface area contributed by atoms with Gasteiger partial charge in [-0.15, -0.1) is 0 Å². The van der Waals surface area contributed by atoms with Crippen LogP contribution in [0.3, 0.4) is 0 Å². The highest BCUT2D eigenvalue weighted by atomic mass is 14.9. The summed E-state index contributed by atoms with van der Waals surface area (Å²) in [5.74, 6) is 0. The zero-order valence-corrected chi connectivity index (χ0v) is 9.93. The molecule has 0 aromatic carbocycles. The largest absolute Gasteiger partial charge is 0.330 e. The Morgan fingerprint density at radius 2 is 1.73 bits per heavy atom. The zero-order valence-electron chi connectivity index (χ0n) is 9.93. The van der Waals surface area contributed by atoms with E-state index >= 15 is 0 Å². The molecular formula is C13H26N2. The number of hydrogen-bond acceptors (Lipinski definition) is 2. The van der Waals surface area contributed by atoms with Gasteiger partial charge in [0.25, 0.3) is 0 Å². The first-order valence-corrected chi connectivity index (χ1v) is 6.78. The molecule has 2 fully saturated rings. The number of nitrogens with one attached hydrogen (secondary N) is 1. The second-order valence-electron chi connectivity index (χ2n) is 5.58. The van der Waals surface area contributed by atoms with E-state index in [1.54, 1.807) is 0 Å². The third kappa shape index (κ3) is 2.94. The Labute approximate surface area is 94.0 Å². The van der Waals surface area contributed by atoms with Crippen molar-refractivity contribution in [2.75, 3.05) is 13.1 Å². The van der Waals surface area contributed by atoms with Crippen LogP contribution < -0.4 is 11.1 Å². The average Bonchev–Trinajstić information content (AvgIpc) is 2.71. The third-order valence-electron chi connectivity index (χ3n) is 4.52. The Hall–Kier alpha value is -0.0800. The number of hydrogen-bond donors (Lipinski definition) is 2. The van der Waals surface area contributed by atoms with E-state index in [-0.39, 0.29) is 0 Å². The van der Waals surface area contributed by atoms with Crippen LogP contribution in [-0.2, 0) is 0 Å². The molecule has 0 aliphatic heterocycles. The fourth-order valence-electron chi connectivity index (χ4n) is 3.47. The summed E-state index contributed by atoms with van der Waals surface area (Å²) in [4.78, 5) is 0. The molecule has 15 heavy (non-hydrogen) atoms. The first kappa shape index (κ1) is 11.4. The van der Waals surface area contributed by atoms with Crippen molar-refractivity contribution >= 4 is 0 Å². The van der Waals surface area contributed by atoms with Gasteiger partial charge in [0.15, 0.2) is 0 Å². The molecule has 2 rings (SSSR count). The highest BCUT2D eigenvalue weighted by Gasteiger charge is 2.37. The van der Waals surface area contributed by atoms with Gasteiger partial charge in [-0.25, -0.2) is 0 Å². The lowest BCUT2D eigenvalue weighted by Crippen LogP contribution is -2.37. The van der Waals surface area contributed by atoms with Crippen molar-refractivity contribution in [3.05, 3.63) is 0 Å². The molecule has 0 radical (unpaired) electrons. The van der Waals surface area contributed by atoms with Crippen LogP contribution in [0.5, 0.6) is 0 Å². The molecule has 2 nitrogen and oxygen atoms in total. The van der Waals surface area contributed by atoms with Crippen molar-refractivity contribution in [1.82, 2.24) is 5.32 Å². The van der Waals surface area contributed by atoms with Crippen molar-refractivity contribution in [2.24, 2.45) is 11.1 Å². The summed E-state index contributed by atoms with van der Waals surface area (Å²) in [6, 6.07) is 0.794. The topological polar surface area (TPSA) is 38.0 Å². The molecule has 2 aliphatic carbocycles. The molecule has 0 aromatic heterocycles. The minimum absolute atomic E-state index is 0.784. The van der Waals surface area contributed by atoms with E-state index in [2.05, 4.69) is 5.32 Å². The van der Waals surface area contributed by atoms with Crippen molar-refractivity contribution in [2.45, 2.75) is 63.8 Å². The SMILES string of the molecule is NCCCNC1CCC2(CCCC2)CC1. The Bertz CT molecular complexity index is 175. The van der Waals surface area contributed by atoms with Gasteiger partial charge in [0.1, 0.15) is 0 Å². The van der Waals surface area contributed by atoms with Crippen molar-refractivity contribution in [1.29, 1.82) is 0 Å². The highest BCUT2D eigenvalue weighted by Crippen LogP contribution is 2.48. The summed E-state index contributed by atoms with van der Waals surface area (Å²) in [7, 11) is 0. The van der Waals surface area contributed by atoms with Crippen molar-refractivity contribution in [3.8, 4) is 0 Å². The zero-order chi connectivity index (χ0) is 10.6. The summed E-state index contributed by atoms with van der Waals surface area (Å²) < 4.78 is 0. The predicted molar refractivity (Wildman–Crippen MR) is 64.8 cm³/mol. The van der Waals surface area contributed by atoms with Gasteiger partial charge in [-0.05, 0) is 63.5 Å². The molecule has 0 saturated heterocycles. The molecule has 0 unspecified atom stereocenters. The van der Waals surface area contributed by atoms with Crippen LogP contribution in [0.4, 0.5) is 0 Å². The highest BCUT2D eigenvalue weighted by molar-refractivity contribution is 4.91. The molecule has 0 amide bonds. The van der Waals surface area contributed by atoms with Crippen LogP contribution >= 0.6 is 0 Å². The second kappa shape index (κ2) is 5.31. The van der Waals surface area contributed by atoms with Gasteiger partial charge in [-0.1, -0.05) is 12.8 Å². The normalized spacial score (nSPS) is 26.2. The van der Waals surface area contributed by atoms with Crippen LogP contribution in [0.2, 0.25) is 0 Å². The summed E-state index contributed by atoms with van der Waals surface area (Å²) in [5.41, 5.74) is 6.28. The van der Waals surface area contributed by atoms with Crippen LogP contribution in [0, 0.1) is 5.41 Å². The molecule has 3 N–H and O–H groups in total. The van der Waals surface area contributed by atoms with E-state index in [1.807, 2.05) is 0 Å². The van der Waals surface area contributed by atoms with E-state index in [1.165, 1.54) is 51.4 Å². The van der Waals surface area contributed by atoms with Gasteiger partial charge in [0.05, 0.1) is 0 Å². The molecule has 0 aromatic rings. The summed E-state index contributed by atoms with van der Waals surface area (Å²) >= 11 is 0. The summed E-state index contributed by atoms with van der Waals surface area (Å²) in [6.07, 6.45) is 12.9. The first-order valence-electron chi connectivity index (χ1n) is 6.78. The Balaban J connectivity index is 1.67. The molecule has 2 aliphatic rings. The maximum atomic E-state index is 5.50. The van der Waals surface area contributed by atoms with E-state index < -0.39 is 0 Å². The monoisotopic (exact) mass is 210 g/mol. The molecule has 2 heteroatoms. The Morgan fingerprint density at radius 1 is 1.07 bits per heavy atom. The molecular weight excluding hydrogens is 184 g/mol. The lowest BCUT2D eigenvalue weighted by Gasteiger charge is -2.37. The fraction of sp³-hybridized carbons (Fsp3) is 1.00.